The molecular weight excluding hydrogens is 793 g/mol. The Balaban J connectivity index is 4.37. The molecule has 0 amide bonds. The maximum absolute atomic E-state index is 12.8. The summed E-state index contributed by atoms with van der Waals surface area (Å²) in [7, 11) is 0. The van der Waals surface area contributed by atoms with Gasteiger partial charge in [-0.15, -0.1) is 0 Å². The van der Waals surface area contributed by atoms with Crippen LogP contribution in [-0.4, -0.2) is 37.2 Å². The van der Waals surface area contributed by atoms with Gasteiger partial charge in [0.25, 0.3) is 0 Å². The van der Waals surface area contributed by atoms with Crippen LogP contribution in [0.5, 0.6) is 0 Å². The summed E-state index contributed by atoms with van der Waals surface area (Å²) in [6.45, 7) is 6.41. The highest BCUT2D eigenvalue weighted by molar-refractivity contribution is 5.71. The Kier molecular flexibility index (Phi) is 50.4. The summed E-state index contributed by atoms with van der Waals surface area (Å²) in [5.41, 5.74) is 0. The van der Waals surface area contributed by atoms with Crippen molar-refractivity contribution in [2.75, 3.05) is 13.2 Å². The highest BCUT2D eigenvalue weighted by atomic mass is 16.6. The summed E-state index contributed by atoms with van der Waals surface area (Å²) in [4.78, 5) is 38.1. The van der Waals surface area contributed by atoms with Gasteiger partial charge >= 0.3 is 17.9 Å². The van der Waals surface area contributed by atoms with Crippen molar-refractivity contribution in [2.45, 2.75) is 277 Å². The van der Waals surface area contributed by atoms with E-state index in [0.29, 0.717) is 19.3 Å². The Morgan fingerprint density at radius 1 is 0.344 bits per heavy atom. The Hall–Kier alpha value is -2.89. The van der Waals surface area contributed by atoms with Gasteiger partial charge in [0.2, 0.25) is 0 Å². The van der Waals surface area contributed by atoms with Crippen molar-refractivity contribution in [3.05, 3.63) is 60.8 Å². The zero-order valence-corrected chi connectivity index (χ0v) is 42.3. The topological polar surface area (TPSA) is 78.9 Å². The highest BCUT2D eigenvalue weighted by Gasteiger charge is 2.19. The van der Waals surface area contributed by atoms with Gasteiger partial charge in [0.1, 0.15) is 13.2 Å². The van der Waals surface area contributed by atoms with Gasteiger partial charge < -0.3 is 14.2 Å². The standard InChI is InChI=1S/C58H102O6/c1-4-7-10-13-16-19-22-25-28-29-31-33-36-39-42-45-48-51-57(60)63-54-55(53-62-56(59)50-47-44-41-38-35-32-27-24-21-18-15-12-9-6-3)64-58(61)52-49-46-43-40-37-34-30-26-23-20-17-14-11-8-5-2/h8-9,11-12,14,17-18,20-21,23,55H,4-7,10,13,15-16,19,22,24-54H2,1-3H3/b11-8-,12-9-,17-14-,21-18-,23-20-. The van der Waals surface area contributed by atoms with Crippen LogP contribution in [0.2, 0.25) is 0 Å². The maximum Gasteiger partial charge on any atom is 0.306 e. The maximum atomic E-state index is 12.8. The number of hydrogen-bond donors (Lipinski definition) is 0. The molecule has 6 nitrogen and oxygen atoms in total. The van der Waals surface area contributed by atoms with Crippen molar-refractivity contribution in [1.29, 1.82) is 0 Å². The van der Waals surface area contributed by atoms with Crippen LogP contribution < -0.4 is 0 Å². The fourth-order valence-electron chi connectivity index (χ4n) is 7.78. The van der Waals surface area contributed by atoms with Gasteiger partial charge in [0.15, 0.2) is 6.10 Å². The van der Waals surface area contributed by atoms with Crippen LogP contribution in [-0.2, 0) is 28.6 Å². The van der Waals surface area contributed by atoms with E-state index < -0.39 is 6.10 Å². The number of ether oxygens (including phenoxy) is 3. The lowest BCUT2D eigenvalue weighted by atomic mass is 10.0. The van der Waals surface area contributed by atoms with E-state index in [1.807, 2.05) is 0 Å². The summed E-state index contributed by atoms with van der Waals surface area (Å²) in [5, 5.41) is 0. The van der Waals surface area contributed by atoms with Crippen molar-refractivity contribution in [1.82, 2.24) is 0 Å². The molecule has 1 unspecified atom stereocenters. The highest BCUT2D eigenvalue weighted by Crippen LogP contribution is 2.16. The molecule has 0 aliphatic heterocycles. The number of esters is 3. The molecule has 0 bridgehead atoms. The first-order valence-electron chi connectivity index (χ1n) is 27.3. The lowest BCUT2D eigenvalue weighted by molar-refractivity contribution is -0.167. The van der Waals surface area contributed by atoms with Crippen molar-refractivity contribution in [3.63, 3.8) is 0 Å². The van der Waals surface area contributed by atoms with Crippen molar-refractivity contribution in [3.8, 4) is 0 Å². The summed E-state index contributed by atoms with van der Waals surface area (Å²) in [5.74, 6) is -0.891. The van der Waals surface area contributed by atoms with Gasteiger partial charge in [-0.2, -0.15) is 0 Å². The second-order valence-electron chi connectivity index (χ2n) is 18.1. The summed E-state index contributed by atoms with van der Waals surface area (Å²) in [6.07, 6.45) is 64.9. The Morgan fingerprint density at radius 2 is 0.688 bits per heavy atom. The molecule has 0 saturated heterocycles. The van der Waals surface area contributed by atoms with Gasteiger partial charge in [-0.25, -0.2) is 0 Å². The average molecular weight is 895 g/mol. The second-order valence-corrected chi connectivity index (χ2v) is 18.1. The first kappa shape index (κ1) is 61.1. The van der Waals surface area contributed by atoms with Crippen LogP contribution in [0.1, 0.15) is 271 Å². The molecular formula is C58H102O6. The monoisotopic (exact) mass is 895 g/mol. The largest absolute Gasteiger partial charge is 0.462 e. The van der Waals surface area contributed by atoms with Gasteiger partial charge in [-0.1, -0.05) is 248 Å². The summed E-state index contributed by atoms with van der Waals surface area (Å²) >= 11 is 0. The Labute approximate surface area is 396 Å². The van der Waals surface area contributed by atoms with Crippen molar-refractivity contribution in [2.24, 2.45) is 0 Å². The van der Waals surface area contributed by atoms with E-state index in [0.717, 1.165) is 89.9 Å². The third-order valence-corrected chi connectivity index (χ3v) is 11.8. The van der Waals surface area contributed by atoms with E-state index in [-0.39, 0.29) is 31.1 Å². The zero-order chi connectivity index (χ0) is 46.5. The van der Waals surface area contributed by atoms with Gasteiger partial charge in [-0.3, -0.25) is 14.4 Å². The smallest absolute Gasteiger partial charge is 0.306 e. The molecule has 370 valence electrons. The van der Waals surface area contributed by atoms with Crippen LogP contribution in [0.3, 0.4) is 0 Å². The number of carbonyl (C=O) groups is 3. The predicted molar refractivity (Wildman–Crippen MR) is 275 cm³/mol. The molecule has 0 aromatic carbocycles. The molecule has 0 rings (SSSR count). The molecule has 0 aromatic rings. The Morgan fingerprint density at radius 3 is 1.11 bits per heavy atom. The fraction of sp³-hybridized carbons (Fsp3) is 0.776. The molecule has 0 aliphatic carbocycles. The molecule has 6 heteroatoms. The van der Waals surface area contributed by atoms with E-state index in [9.17, 15) is 14.4 Å². The third kappa shape index (κ3) is 50.1. The van der Waals surface area contributed by atoms with E-state index in [4.69, 9.17) is 14.2 Å². The molecule has 0 spiro atoms. The third-order valence-electron chi connectivity index (χ3n) is 11.8. The normalized spacial score (nSPS) is 12.5. The lowest BCUT2D eigenvalue weighted by Crippen LogP contribution is -2.30. The first-order chi connectivity index (χ1) is 31.5. The predicted octanol–water partition coefficient (Wildman–Crippen LogP) is 18.0. The van der Waals surface area contributed by atoms with E-state index >= 15 is 0 Å². The van der Waals surface area contributed by atoms with E-state index in [1.165, 1.54) is 141 Å². The molecule has 0 aromatic heterocycles. The number of unbranched alkanes of at least 4 members (excludes halogenated alkanes) is 30. The van der Waals surface area contributed by atoms with Crippen molar-refractivity contribution < 1.29 is 28.6 Å². The van der Waals surface area contributed by atoms with Gasteiger partial charge in [0, 0.05) is 19.3 Å². The number of carbonyl (C=O) groups excluding carboxylic acids is 3. The number of hydrogen-bond acceptors (Lipinski definition) is 6. The summed E-state index contributed by atoms with van der Waals surface area (Å²) in [6, 6.07) is 0. The molecule has 0 aliphatic rings. The number of allylic oxidation sites excluding steroid dienone is 10. The van der Waals surface area contributed by atoms with Gasteiger partial charge in [-0.05, 0) is 64.2 Å². The van der Waals surface area contributed by atoms with Crippen LogP contribution in [0.4, 0.5) is 0 Å². The minimum Gasteiger partial charge on any atom is -0.462 e. The Bertz CT molecular complexity index is 1170. The van der Waals surface area contributed by atoms with Crippen LogP contribution in [0.15, 0.2) is 60.8 Å². The van der Waals surface area contributed by atoms with E-state index in [1.54, 1.807) is 0 Å². The molecule has 64 heavy (non-hydrogen) atoms. The first-order valence-corrected chi connectivity index (χ1v) is 27.3. The van der Waals surface area contributed by atoms with E-state index in [2.05, 4.69) is 81.5 Å². The molecule has 0 heterocycles. The summed E-state index contributed by atoms with van der Waals surface area (Å²) < 4.78 is 16.8. The quantitative estimate of drug-likeness (QED) is 0.0199. The molecule has 0 radical (unpaired) electrons. The molecule has 1 atom stereocenters. The zero-order valence-electron chi connectivity index (χ0n) is 42.3. The average Bonchev–Trinajstić information content (AvgIpc) is 3.29. The van der Waals surface area contributed by atoms with Crippen LogP contribution >= 0.6 is 0 Å². The fourth-order valence-corrected chi connectivity index (χ4v) is 7.78. The molecule has 0 saturated carbocycles. The minimum atomic E-state index is -0.782. The minimum absolute atomic E-state index is 0.0795. The second kappa shape index (κ2) is 52.7. The lowest BCUT2D eigenvalue weighted by Gasteiger charge is -2.18. The number of rotatable bonds is 49. The molecule has 0 N–H and O–H groups in total. The van der Waals surface area contributed by atoms with Crippen molar-refractivity contribution >= 4 is 17.9 Å². The molecule has 0 fully saturated rings. The van der Waals surface area contributed by atoms with Crippen LogP contribution in [0, 0.1) is 0 Å². The SMILES string of the molecule is CC\C=C/C=C\C=C/CCCCCCCCCC(=O)OC(COC(=O)CCCCCCCCC/C=C\C/C=C\CC)COC(=O)CCCCCCCCCCCCCCCCCCC. The van der Waals surface area contributed by atoms with Crippen LogP contribution in [0.25, 0.3) is 0 Å². The van der Waals surface area contributed by atoms with Gasteiger partial charge in [0.05, 0.1) is 0 Å².